The summed E-state index contributed by atoms with van der Waals surface area (Å²) in [7, 11) is 0. The van der Waals surface area contributed by atoms with Crippen LogP contribution >= 0.6 is 15.9 Å². The molecule has 2 aromatic rings. The molecule has 0 radical (unpaired) electrons. The zero-order valence-electron chi connectivity index (χ0n) is 15.4. The number of pyridine rings is 1. The van der Waals surface area contributed by atoms with E-state index < -0.39 is 5.60 Å². The van der Waals surface area contributed by atoms with Gasteiger partial charge in [0.05, 0.1) is 11.6 Å². The van der Waals surface area contributed by atoms with Gasteiger partial charge in [-0.05, 0) is 57.9 Å². The van der Waals surface area contributed by atoms with E-state index in [0.29, 0.717) is 0 Å². The van der Waals surface area contributed by atoms with Crippen molar-refractivity contribution >= 4 is 38.6 Å². The van der Waals surface area contributed by atoms with Gasteiger partial charge in [-0.25, -0.2) is 4.79 Å². The molecule has 1 aliphatic heterocycles. The molecule has 1 saturated heterocycles. The van der Waals surface area contributed by atoms with Gasteiger partial charge in [-0.15, -0.1) is 0 Å². The van der Waals surface area contributed by atoms with Gasteiger partial charge in [0.15, 0.2) is 0 Å². The lowest BCUT2D eigenvalue weighted by molar-refractivity contribution is 0.0493. The number of hydrogen-bond acceptors (Lipinski definition) is 4. The number of benzene rings is 1. The van der Waals surface area contributed by atoms with Gasteiger partial charge in [0, 0.05) is 40.2 Å². The van der Waals surface area contributed by atoms with Crippen LogP contribution in [0.25, 0.3) is 10.9 Å². The molecule has 6 heteroatoms. The molecule has 1 saturated carbocycles. The number of amides is 1. The van der Waals surface area contributed by atoms with E-state index in [-0.39, 0.29) is 17.6 Å². The molecule has 2 heterocycles. The van der Waals surface area contributed by atoms with Crippen LogP contribution in [0.1, 0.15) is 33.6 Å². The van der Waals surface area contributed by atoms with E-state index >= 15 is 0 Å². The Bertz CT molecular complexity index is 858. The highest BCUT2D eigenvalue weighted by molar-refractivity contribution is 9.10. The molecule has 0 bridgehead atoms. The highest BCUT2D eigenvalue weighted by Crippen LogP contribution is 2.54. The van der Waals surface area contributed by atoms with Crippen LogP contribution in [-0.4, -0.2) is 35.8 Å². The van der Waals surface area contributed by atoms with Gasteiger partial charge < -0.3 is 15.0 Å². The summed E-state index contributed by atoms with van der Waals surface area (Å²) in [6, 6.07) is 8.35. The van der Waals surface area contributed by atoms with Crippen molar-refractivity contribution in [2.75, 3.05) is 18.0 Å². The third-order valence-electron chi connectivity index (χ3n) is 5.25. The Morgan fingerprint density at radius 3 is 2.81 bits per heavy atom. The minimum atomic E-state index is -0.479. The molecule has 2 fully saturated rings. The van der Waals surface area contributed by atoms with Crippen LogP contribution in [-0.2, 0) is 4.74 Å². The number of rotatable bonds is 2. The molecule has 1 spiro atoms. The van der Waals surface area contributed by atoms with Crippen LogP contribution in [0.4, 0.5) is 10.5 Å². The Morgan fingerprint density at radius 2 is 2.12 bits per heavy atom. The summed E-state index contributed by atoms with van der Waals surface area (Å²) < 4.78 is 6.51. The fraction of sp³-hybridized carbons (Fsp3) is 0.500. The Morgan fingerprint density at radius 1 is 1.35 bits per heavy atom. The van der Waals surface area contributed by atoms with Crippen LogP contribution in [0.2, 0.25) is 0 Å². The summed E-state index contributed by atoms with van der Waals surface area (Å²) >= 11 is 3.56. The standard InChI is InChI=1S/C20H24BrN3O2/c1-19(2,3)26-18(25)23-17-11-24(12-20(17)7-8-20)16-6-9-22-15-5-4-13(21)10-14(15)16/h4-6,9-10,17H,7-8,11-12H2,1-3H3,(H,23,25)/t17-/m1/s1. The van der Waals surface area contributed by atoms with Crippen LogP contribution in [0, 0.1) is 5.41 Å². The second-order valence-corrected chi connectivity index (χ2v) is 9.35. The average molecular weight is 418 g/mol. The molecule has 1 atom stereocenters. The van der Waals surface area contributed by atoms with Gasteiger partial charge in [0.2, 0.25) is 0 Å². The number of nitrogens with zero attached hydrogens (tertiary/aromatic N) is 2. The van der Waals surface area contributed by atoms with Crippen molar-refractivity contribution in [3.8, 4) is 0 Å². The first-order valence-corrected chi connectivity index (χ1v) is 9.84. The number of nitrogens with one attached hydrogen (secondary N) is 1. The summed E-state index contributed by atoms with van der Waals surface area (Å²) in [6.07, 6.45) is 3.84. The number of anilines is 1. The number of halogens is 1. The molecule has 1 aliphatic carbocycles. The molecule has 1 amide bonds. The molecular formula is C20H24BrN3O2. The normalized spacial score (nSPS) is 21.2. The quantitative estimate of drug-likeness (QED) is 0.781. The van der Waals surface area contributed by atoms with E-state index in [1.807, 2.05) is 39.1 Å². The smallest absolute Gasteiger partial charge is 0.407 e. The third-order valence-corrected chi connectivity index (χ3v) is 5.75. The fourth-order valence-electron chi connectivity index (χ4n) is 3.85. The highest BCUT2D eigenvalue weighted by Gasteiger charge is 2.56. The number of ether oxygens (including phenoxy) is 1. The maximum Gasteiger partial charge on any atom is 0.407 e. The Kier molecular flexibility index (Phi) is 4.14. The van der Waals surface area contributed by atoms with Crippen LogP contribution in [0.5, 0.6) is 0 Å². The summed E-state index contributed by atoms with van der Waals surface area (Å²) in [5.41, 5.74) is 1.86. The van der Waals surface area contributed by atoms with Crippen molar-refractivity contribution in [1.29, 1.82) is 0 Å². The molecule has 0 unspecified atom stereocenters. The second-order valence-electron chi connectivity index (χ2n) is 8.43. The predicted molar refractivity (Wildman–Crippen MR) is 106 cm³/mol. The molecule has 138 valence electrons. The monoisotopic (exact) mass is 417 g/mol. The maximum atomic E-state index is 12.3. The van der Waals surface area contributed by atoms with Crippen LogP contribution in [0.15, 0.2) is 34.9 Å². The average Bonchev–Trinajstić information content (AvgIpc) is 3.23. The van der Waals surface area contributed by atoms with Crippen LogP contribution < -0.4 is 10.2 Å². The Hall–Kier alpha value is -1.82. The van der Waals surface area contributed by atoms with Gasteiger partial charge in [-0.1, -0.05) is 15.9 Å². The highest BCUT2D eigenvalue weighted by atomic mass is 79.9. The first-order chi connectivity index (χ1) is 12.3. The van der Waals surface area contributed by atoms with Crippen molar-refractivity contribution in [3.63, 3.8) is 0 Å². The minimum Gasteiger partial charge on any atom is -0.444 e. The number of aromatic nitrogens is 1. The largest absolute Gasteiger partial charge is 0.444 e. The fourth-order valence-corrected chi connectivity index (χ4v) is 4.21. The number of alkyl carbamates (subject to hydrolysis) is 1. The molecule has 1 aromatic carbocycles. The molecule has 2 aliphatic rings. The van der Waals surface area contributed by atoms with E-state index in [0.717, 1.165) is 41.3 Å². The summed E-state index contributed by atoms with van der Waals surface area (Å²) in [6.45, 7) is 7.42. The minimum absolute atomic E-state index is 0.118. The lowest BCUT2D eigenvalue weighted by Crippen LogP contribution is -2.44. The topological polar surface area (TPSA) is 54.5 Å². The number of carbonyl (C=O) groups excluding carboxylic acids is 1. The van der Waals surface area contributed by atoms with Crippen molar-refractivity contribution in [2.45, 2.75) is 45.3 Å². The Labute approximate surface area is 162 Å². The molecule has 5 nitrogen and oxygen atoms in total. The van der Waals surface area contributed by atoms with E-state index in [1.54, 1.807) is 0 Å². The SMILES string of the molecule is CC(C)(C)OC(=O)N[C@@H]1CN(c2ccnc3ccc(Br)cc23)CC12CC2. The van der Waals surface area contributed by atoms with Gasteiger partial charge in [-0.3, -0.25) is 4.98 Å². The number of hydrogen-bond donors (Lipinski definition) is 1. The van der Waals surface area contributed by atoms with Crippen LogP contribution in [0.3, 0.4) is 0 Å². The van der Waals surface area contributed by atoms with Crippen molar-refractivity contribution in [3.05, 3.63) is 34.9 Å². The predicted octanol–water partition coefficient (Wildman–Crippen LogP) is 4.49. The van der Waals surface area contributed by atoms with E-state index in [1.165, 1.54) is 5.69 Å². The molecule has 26 heavy (non-hydrogen) atoms. The van der Waals surface area contributed by atoms with E-state index in [9.17, 15) is 4.79 Å². The van der Waals surface area contributed by atoms with Crippen molar-refractivity contribution < 1.29 is 9.53 Å². The Balaban J connectivity index is 1.57. The number of fused-ring (bicyclic) bond motifs is 1. The van der Waals surface area contributed by atoms with Crippen molar-refractivity contribution in [1.82, 2.24) is 10.3 Å². The molecular weight excluding hydrogens is 394 g/mol. The second kappa shape index (κ2) is 6.12. The molecule has 1 N–H and O–H groups in total. The molecule has 4 rings (SSSR count). The van der Waals surface area contributed by atoms with E-state index in [2.05, 4.69) is 43.3 Å². The van der Waals surface area contributed by atoms with Gasteiger partial charge >= 0.3 is 6.09 Å². The van der Waals surface area contributed by atoms with Gasteiger partial charge in [0.1, 0.15) is 5.60 Å². The summed E-state index contributed by atoms with van der Waals surface area (Å²) in [5.74, 6) is 0. The summed E-state index contributed by atoms with van der Waals surface area (Å²) in [4.78, 5) is 19.1. The molecule has 1 aromatic heterocycles. The first kappa shape index (κ1) is 17.6. The first-order valence-electron chi connectivity index (χ1n) is 9.05. The van der Waals surface area contributed by atoms with Gasteiger partial charge in [-0.2, -0.15) is 0 Å². The summed E-state index contributed by atoms with van der Waals surface area (Å²) in [5, 5.41) is 4.25. The maximum absolute atomic E-state index is 12.3. The van der Waals surface area contributed by atoms with Gasteiger partial charge in [0.25, 0.3) is 0 Å². The lowest BCUT2D eigenvalue weighted by Gasteiger charge is -2.24. The number of carbonyl (C=O) groups is 1. The lowest BCUT2D eigenvalue weighted by atomic mass is 10.0. The zero-order chi connectivity index (χ0) is 18.5. The zero-order valence-corrected chi connectivity index (χ0v) is 17.0. The van der Waals surface area contributed by atoms with Crippen molar-refractivity contribution in [2.24, 2.45) is 5.41 Å². The third kappa shape index (κ3) is 3.39. The van der Waals surface area contributed by atoms with E-state index in [4.69, 9.17) is 4.74 Å².